The standard InChI is InChI=1S/C26H32Cl2N2O4/c1-4-17(3)29-26(32)22(5-2)30(16-19-20(27)7-6-8-21(19)28)25(31)12-10-18-9-11-23-24(15-18)34-14-13-33-23/h6-9,11,15,17,22H,4-5,10,12-14,16H2,1-3H3,(H,29,32)/t17-,22-/m0/s1. The van der Waals surface area contributed by atoms with Crippen LogP contribution in [0.4, 0.5) is 0 Å². The van der Waals surface area contributed by atoms with Gasteiger partial charge in [-0.05, 0) is 56.0 Å². The van der Waals surface area contributed by atoms with E-state index < -0.39 is 6.04 Å². The minimum atomic E-state index is -0.630. The normalized spacial score (nSPS) is 14.3. The summed E-state index contributed by atoms with van der Waals surface area (Å²) in [5.41, 5.74) is 1.60. The van der Waals surface area contributed by atoms with Gasteiger partial charge >= 0.3 is 0 Å². The van der Waals surface area contributed by atoms with E-state index >= 15 is 0 Å². The van der Waals surface area contributed by atoms with Gasteiger partial charge < -0.3 is 19.7 Å². The van der Waals surface area contributed by atoms with Crippen molar-refractivity contribution in [2.45, 2.75) is 65.1 Å². The average molecular weight is 507 g/mol. The molecule has 184 valence electrons. The summed E-state index contributed by atoms with van der Waals surface area (Å²) in [5, 5.41) is 3.94. The molecule has 1 heterocycles. The van der Waals surface area contributed by atoms with E-state index in [1.54, 1.807) is 23.1 Å². The number of hydrogen-bond acceptors (Lipinski definition) is 4. The van der Waals surface area contributed by atoms with Gasteiger partial charge in [0.1, 0.15) is 19.3 Å². The molecule has 0 unspecified atom stereocenters. The Kier molecular flexibility index (Phi) is 9.48. The fraction of sp³-hybridized carbons (Fsp3) is 0.462. The second kappa shape index (κ2) is 12.3. The van der Waals surface area contributed by atoms with Gasteiger partial charge in [-0.15, -0.1) is 0 Å². The van der Waals surface area contributed by atoms with Gasteiger partial charge in [0.05, 0.1) is 0 Å². The summed E-state index contributed by atoms with van der Waals surface area (Å²) in [6.07, 6.45) is 2.01. The molecule has 2 amide bonds. The second-order valence-corrected chi connectivity index (χ2v) is 9.26. The maximum Gasteiger partial charge on any atom is 0.243 e. The highest BCUT2D eigenvalue weighted by molar-refractivity contribution is 6.36. The van der Waals surface area contributed by atoms with Gasteiger partial charge in [-0.3, -0.25) is 9.59 Å². The monoisotopic (exact) mass is 506 g/mol. The number of aryl methyl sites for hydroxylation is 1. The molecule has 8 heteroatoms. The van der Waals surface area contributed by atoms with Crippen molar-refractivity contribution in [2.24, 2.45) is 0 Å². The SMILES string of the molecule is CC[C@H](C)NC(=O)[C@H](CC)N(Cc1c(Cl)cccc1Cl)C(=O)CCc1ccc2c(c1)OCCO2. The van der Waals surface area contributed by atoms with Gasteiger partial charge in [-0.2, -0.15) is 0 Å². The number of carbonyl (C=O) groups excluding carboxylic acids is 2. The maximum absolute atomic E-state index is 13.5. The molecule has 0 aliphatic carbocycles. The zero-order chi connectivity index (χ0) is 24.7. The van der Waals surface area contributed by atoms with Gasteiger partial charge in [0.15, 0.2) is 11.5 Å². The van der Waals surface area contributed by atoms with E-state index in [0.717, 1.165) is 12.0 Å². The fourth-order valence-corrected chi connectivity index (χ4v) is 4.37. The molecule has 2 atom stereocenters. The lowest BCUT2D eigenvalue weighted by Crippen LogP contribution is -2.50. The molecule has 0 bridgehead atoms. The Labute approximate surface area is 211 Å². The highest BCUT2D eigenvalue weighted by Gasteiger charge is 2.30. The Hall–Kier alpha value is -2.44. The first kappa shape index (κ1) is 26.2. The van der Waals surface area contributed by atoms with Crippen molar-refractivity contribution in [3.63, 3.8) is 0 Å². The van der Waals surface area contributed by atoms with Crippen molar-refractivity contribution in [3.8, 4) is 11.5 Å². The van der Waals surface area contributed by atoms with Crippen LogP contribution in [0, 0.1) is 0 Å². The predicted molar refractivity (Wildman–Crippen MR) is 135 cm³/mol. The number of carbonyl (C=O) groups is 2. The van der Waals surface area contributed by atoms with Crippen LogP contribution in [0.5, 0.6) is 11.5 Å². The minimum Gasteiger partial charge on any atom is -0.486 e. The molecular formula is C26H32Cl2N2O4. The molecule has 1 N–H and O–H groups in total. The van der Waals surface area contributed by atoms with Crippen molar-refractivity contribution >= 4 is 35.0 Å². The number of benzene rings is 2. The number of hydrogen-bond donors (Lipinski definition) is 1. The zero-order valence-corrected chi connectivity index (χ0v) is 21.4. The highest BCUT2D eigenvalue weighted by atomic mass is 35.5. The minimum absolute atomic E-state index is 0.0140. The van der Waals surface area contributed by atoms with E-state index in [1.165, 1.54) is 0 Å². The number of fused-ring (bicyclic) bond motifs is 1. The first-order valence-electron chi connectivity index (χ1n) is 11.7. The molecule has 0 saturated carbocycles. The molecule has 3 rings (SSSR count). The lowest BCUT2D eigenvalue weighted by Gasteiger charge is -2.32. The third-order valence-corrected chi connectivity index (χ3v) is 6.72. The lowest BCUT2D eigenvalue weighted by molar-refractivity contribution is -0.141. The van der Waals surface area contributed by atoms with Crippen LogP contribution in [0.1, 0.15) is 51.2 Å². The molecule has 1 aliphatic rings. The predicted octanol–water partition coefficient (Wildman–Crippen LogP) is 5.42. The van der Waals surface area contributed by atoms with Crippen molar-refractivity contribution in [3.05, 3.63) is 57.6 Å². The van der Waals surface area contributed by atoms with Gasteiger partial charge in [0, 0.05) is 34.6 Å². The summed E-state index contributed by atoms with van der Waals surface area (Å²) in [5.74, 6) is 1.09. The summed E-state index contributed by atoms with van der Waals surface area (Å²) >= 11 is 12.8. The van der Waals surface area contributed by atoms with Crippen molar-refractivity contribution in [1.82, 2.24) is 10.2 Å². The number of rotatable bonds is 10. The van der Waals surface area contributed by atoms with Crippen LogP contribution in [0.15, 0.2) is 36.4 Å². The van der Waals surface area contributed by atoms with E-state index in [0.29, 0.717) is 53.2 Å². The van der Waals surface area contributed by atoms with Crippen LogP contribution in [-0.2, 0) is 22.6 Å². The summed E-state index contributed by atoms with van der Waals surface area (Å²) in [4.78, 5) is 28.2. The van der Waals surface area contributed by atoms with Crippen LogP contribution in [-0.4, -0.2) is 42.0 Å². The number of amides is 2. The Morgan fingerprint density at radius 1 is 1.03 bits per heavy atom. The molecule has 34 heavy (non-hydrogen) atoms. The Morgan fingerprint density at radius 2 is 1.71 bits per heavy atom. The van der Waals surface area contributed by atoms with Crippen LogP contribution in [0.25, 0.3) is 0 Å². The summed E-state index contributed by atoms with van der Waals surface area (Å²) < 4.78 is 11.2. The van der Waals surface area contributed by atoms with E-state index in [-0.39, 0.29) is 30.8 Å². The first-order valence-corrected chi connectivity index (χ1v) is 12.5. The smallest absolute Gasteiger partial charge is 0.243 e. The quantitative estimate of drug-likeness (QED) is 0.467. The van der Waals surface area contributed by atoms with E-state index in [4.69, 9.17) is 32.7 Å². The average Bonchev–Trinajstić information content (AvgIpc) is 2.83. The molecule has 0 fully saturated rings. The molecule has 0 saturated heterocycles. The number of nitrogens with one attached hydrogen (secondary N) is 1. The Bertz CT molecular complexity index is 994. The van der Waals surface area contributed by atoms with Gasteiger partial charge in [0.2, 0.25) is 11.8 Å². The molecule has 0 aromatic heterocycles. The Balaban J connectivity index is 1.81. The fourth-order valence-electron chi connectivity index (χ4n) is 3.85. The molecule has 2 aromatic rings. The maximum atomic E-state index is 13.5. The molecule has 1 aliphatic heterocycles. The van der Waals surface area contributed by atoms with E-state index in [1.807, 2.05) is 39.0 Å². The highest BCUT2D eigenvalue weighted by Crippen LogP contribution is 2.31. The zero-order valence-electron chi connectivity index (χ0n) is 19.9. The number of nitrogens with zero attached hydrogens (tertiary/aromatic N) is 1. The van der Waals surface area contributed by atoms with E-state index in [2.05, 4.69) is 5.32 Å². The Morgan fingerprint density at radius 3 is 2.35 bits per heavy atom. The molecular weight excluding hydrogens is 475 g/mol. The second-order valence-electron chi connectivity index (χ2n) is 8.44. The molecule has 6 nitrogen and oxygen atoms in total. The van der Waals surface area contributed by atoms with E-state index in [9.17, 15) is 9.59 Å². The van der Waals surface area contributed by atoms with Crippen molar-refractivity contribution in [1.29, 1.82) is 0 Å². The third kappa shape index (κ3) is 6.57. The largest absolute Gasteiger partial charge is 0.486 e. The number of halogens is 2. The van der Waals surface area contributed by atoms with Crippen LogP contribution < -0.4 is 14.8 Å². The van der Waals surface area contributed by atoms with Crippen molar-refractivity contribution < 1.29 is 19.1 Å². The van der Waals surface area contributed by atoms with Crippen LogP contribution in [0.2, 0.25) is 10.0 Å². The number of ether oxygens (including phenoxy) is 2. The summed E-state index contributed by atoms with van der Waals surface area (Å²) in [7, 11) is 0. The van der Waals surface area contributed by atoms with Crippen molar-refractivity contribution in [2.75, 3.05) is 13.2 Å². The van der Waals surface area contributed by atoms with Crippen LogP contribution in [0.3, 0.4) is 0 Å². The van der Waals surface area contributed by atoms with Gasteiger partial charge in [-0.25, -0.2) is 0 Å². The summed E-state index contributed by atoms with van der Waals surface area (Å²) in [6, 6.07) is 10.3. The third-order valence-electron chi connectivity index (χ3n) is 6.01. The topological polar surface area (TPSA) is 67.9 Å². The molecule has 0 radical (unpaired) electrons. The van der Waals surface area contributed by atoms with Gasteiger partial charge in [-0.1, -0.05) is 49.2 Å². The lowest BCUT2D eigenvalue weighted by atomic mass is 10.0. The van der Waals surface area contributed by atoms with Crippen LogP contribution >= 0.6 is 23.2 Å². The van der Waals surface area contributed by atoms with Gasteiger partial charge in [0.25, 0.3) is 0 Å². The molecule has 2 aromatic carbocycles. The summed E-state index contributed by atoms with van der Waals surface area (Å²) in [6.45, 7) is 7.04. The first-order chi connectivity index (χ1) is 16.3. The molecule has 0 spiro atoms.